The second-order valence-corrected chi connectivity index (χ2v) is 10.2. The smallest absolute Gasteiger partial charge is 0.266 e. The van der Waals surface area contributed by atoms with E-state index < -0.39 is 0 Å². The molecule has 4 heterocycles. The molecule has 0 saturated heterocycles. The van der Waals surface area contributed by atoms with Gasteiger partial charge >= 0.3 is 0 Å². The molecule has 0 unspecified atom stereocenters. The van der Waals surface area contributed by atoms with E-state index in [2.05, 4.69) is 34.9 Å². The van der Waals surface area contributed by atoms with E-state index >= 15 is 0 Å². The standard InChI is InChI=1S/C35H20N4O2/c40-34-27-20-36-35(37-31(27)26-14-5-8-16-29(26)38(34)21-10-2-1-3-11-21)39-28-15-7-4-12-22(28)24-18-19-25-23-13-6-9-17-30(23)41-33(25)32(24)39/h1-20H. The topological polar surface area (TPSA) is 65.8 Å². The number of nitrogens with zero attached hydrogens (tertiary/aromatic N) is 4. The van der Waals surface area contributed by atoms with Gasteiger partial charge in [-0.3, -0.25) is 13.9 Å². The van der Waals surface area contributed by atoms with Crippen molar-refractivity contribution < 1.29 is 4.42 Å². The fourth-order valence-electron chi connectivity index (χ4n) is 6.21. The number of para-hydroxylation sites is 4. The summed E-state index contributed by atoms with van der Waals surface area (Å²) < 4.78 is 10.3. The van der Waals surface area contributed by atoms with Crippen molar-refractivity contribution in [3.63, 3.8) is 0 Å². The van der Waals surface area contributed by atoms with Crippen molar-refractivity contribution in [2.45, 2.75) is 0 Å². The van der Waals surface area contributed by atoms with E-state index in [1.807, 2.05) is 84.9 Å². The molecule has 0 bridgehead atoms. The number of fused-ring (bicyclic) bond motifs is 10. The minimum Gasteiger partial charge on any atom is -0.454 e. The fourth-order valence-corrected chi connectivity index (χ4v) is 6.21. The van der Waals surface area contributed by atoms with Gasteiger partial charge < -0.3 is 4.42 Å². The van der Waals surface area contributed by atoms with Crippen molar-refractivity contribution in [1.29, 1.82) is 0 Å². The summed E-state index contributed by atoms with van der Waals surface area (Å²) in [6.07, 6.45) is 1.66. The summed E-state index contributed by atoms with van der Waals surface area (Å²) in [5, 5.41) is 5.58. The molecular weight excluding hydrogens is 508 g/mol. The lowest BCUT2D eigenvalue weighted by Crippen LogP contribution is -2.20. The third-order valence-corrected chi connectivity index (χ3v) is 8.00. The SMILES string of the molecule is O=c1c2cnc(-n3c4ccccc4c4ccc5c6ccccc6oc5c43)nc2c2ccccc2n1-c1ccccc1. The maximum Gasteiger partial charge on any atom is 0.266 e. The van der Waals surface area contributed by atoms with Crippen molar-refractivity contribution in [2.24, 2.45) is 0 Å². The third-order valence-electron chi connectivity index (χ3n) is 8.00. The van der Waals surface area contributed by atoms with Gasteiger partial charge in [0.15, 0.2) is 5.58 Å². The highest BCUT2D eigenvalue weighted by Crippen LogP contribution is 2.39. The molecule has 6 heteroatoms. The molecule has 0 aliphatic heterocycles. The molecule has 0 aliphatic carbocycles. The van der Waals surface area contributed by atoms with Crippen LogP contribution in [0.4, 0.5) is 0 Å². The highest BCUT2D eigenvalue weighted by molar-refractivity contribution is 6.21. The lowest BCUT2D eigenvalue weighted by atomic mass is 10.1. The van der Waals surface area contributed by atoms with Crippen LogP contribution in [0.25, 0.3) is 77.2 Å². The average Bonchev–Trinajstić information content (AvgIpc) is 3.58. The van der Waals surface area contributed by atoms with Gasteiger partial charge in [0.05, 0.1) is 21.9 Å². The molecule has 0 amide bonds. The maximum absolute atomic E-state index is 13.9. The number of benzene rings is 5. The van der Waals surface area contributed by atoms with E-state index in [0.717, 1.165) is 60.3 Å². The van der Waals surface area contributed by atoms with Crippen molar-refractivity contribution in [2.75, 3.05) is 0 Å². The van der Waals surface area contributed by atoms with Gasteiger partial charge in [0.2, 0.25) is 5.95 Å². The van der Waals surface area contributed by atoms with Crippen molar-refractivity contribution >= 4 is 65.6 Å². The summed E-state index contributed by atoms with van der Waals surface area (Å²) in [4.78, 5) is 23.8. The van der Waals surface area contributed by atoms with Gasteiger partial charge in [0, 0.05) is 38.8 Å². The van der Waals surface area contributed by atoms with Crippen LogP contribution < -0.4 is 5.56 Å². The van der Waals surface area contributed by atoms with Crippen molar-refractivity contribution in [1.82, 2.24) is 19.1 Å². The Hall–Kier alpha value is -5.75. The molecule has 0 N–H and O–H groups in total. The predicted octanol–water partition coefficient (Wildman–Crippen LogP) is 7.93. The van der Waals surface area contributed by atoms with E-state index in [-0.39, 0.29) is 5.56 Å². The Bertz CT molecular complexity index is 2560. The van der Waals surface area contributed by atoms with Crippen molar-refractivity contribution in [3.8, 4) is 11.6 Å². The molecule has 0 radical (unpaired) electrons. The predicted molar refractivity (Wildman–Crippen MR) is 164 cm³/mol. The number of hydrogen-bond donors (Lipinski definition) is 0. The van der Waals surface area contributed by atoms with E-state index in [9.17, 15) is 4.79 Å². The van der Waals surface area contributed by atoms with E-state index in [0.29, 0.717) is 16.9 Å². The first kappa shape index (κ1) is 22.1. The Morgan fingerprint density at radius 2 is 1.22 bits per heavy atom. The molecule has 0 aliphatic rings. The van der Waals surface area contributed by atoms with Crippen LogP contribution in [-0.2, 0) is 0 Å². The fraction of sp³-hybridized carbons (Fsp3) is 0. The zero-order valence-corrected chi connectivity index (χ0v) is 21.7. The molecule has 0 fully saturated rings. The Balaban J connectivity index is 1.43. The molecule has 192 valence electrons. The zero-order chi connectivity index (χ0) is 27.1. The molecule has 0 atom stereocenters. The normalized spacial score (nSPS) is 12.0. The molecule has 5 aromatic carbocycles. The van der Waals surface area contributed by atoms with Gasteiger partial charge in [-0.25, -0.2) is 9.97 Å². The number of aromatic nitrogens is 4. The molecule has 0 saturated carbocycles. The Morgan fingerprint density at radius 3 is 2.05 bits per heavy atom. The van der Waals surface area contributed by atoms with Crippen LogP contribution in [0.15, 0.2) is 131 Å². The summed E-state index contributed by atoms with van der Waals surface area (Å²) in [6.45, 7) is 0. The van der Waals surface area contributed by atoms with Gasteiger partial charge in [-0.15, -0.1) is 0 Å². The highest BCUT2D eigenvalue weighted by atomic mass is 16.3. The first-order valence-corrected chi connectivity index (χ1v) is 13.5. The van der Waals surface area contributed by atoms with Crippen molar-refractivity contribution in [3.05, 3.63) is 132 Å². The molecule has 4 aromatic heterocycles. The van der Waals surface area contributed by atoms with Crippen LogP contribution in [0.1, 0.15) is 0 Å². The van der Waals surface area contributed by atoms with Gasteiger partial charge in [0.1, 0.15) is 11.1 Å². The van der Waals surface area contributed by atoms with Crippen LogP contribution >= 0.6 is 0 Å². The van der Waals surface area contributed by atoms with Crippen LogP contribution in [0.5, 0.6) is 0 Å². The monoisotopic (exact) mass is 528 g/mol. The van der Waals surface area contributed by atoms with Gasteiger partial charge in [-0.05, 0) is 36.4 Å². The van der Waals surface area contributed by atoms with Crippen LogP contribution in [0.3, 0.4) is 0 Å². The quantitative estimate of drug-likeness (QED) is 0.214. The summed E-state index contributed by atoms with van der Waals surface area (Å²) in [5.74, 6) is 0.485. The van der Waals surface area contributed by atoms with Gasteiger partial charge in [-0.1, -0.05) is 78.9 Å². The van der Waals surface area contributed by atoms with Crippen LogP contribution in [0.2, 0.25) is 0 Å². The molecule has 0 spiro atoms. The maximum atomic E-state index is 13.9. The first-order valence-electron chi connectivity index (χ1n) is 13.5. The molecule has 41 heavy (non-hydrogen) atoms. The first-order chi connectivity index (χ1) is 20.3. The largest absolute Gasteiger partial charge is 0.454 e. The number of hydrogen-bond acceptors (Lipinski definition) is 4. The number of furan rings is 1. The Kier molecular flexibility index (Phi) is 4.38. The second-order valence-electron chi connectivity index (χ2n) is 10.2. The molecule has 9 aromatic rings. The van der Waals surface area contributed by atoms with E-state index in [4.69, 9.17) is 14.4 Å². The number of rotatable bonds is 2. The van der Waals surface area contributed by atoms with Gasteiger partial charge in [-0.2, -0.15) is 0 Å². The summed E-state index contributed by atoms with van der Waals surface area (Å²) in [5.41, 5.74) is 5.55. The lowest BCUT2D eigenvalue weighted by Gasteiger charge is -2.13. The van der Waals surface area contributed by atoms with E-state index in [1.54, 1.807) is 10.8 Å². The highest BCUT2D eigenvalue weighted by Gasteiger charge is 2.21. The summed E-state index contributed by atoms with van der Waals surface area (Å²) in [7, 11) is 0. The number of pyridine rings is 1. The van der Waals surface area contributed by atoms with Gasteiger partial charge in [0.25, 0.3) is 5.56 Å². The summed E-state index contributed by atoms with van der Waals surface area (Å²) >= 11 is 0. The van der Waals surface area contributed by atoms with E-state index in [1.165, 1.54) is 0 Å². The Labute approximate surface area is 232 Å². The molecular formula is C35H20N4O2. The molecule has 9 rings (SSSR count). The zero-order valence-electron chi connectivity index (χ0n) is 21.7. The minimum atomic E-state index is -0.154. The third kappa shape index (κ3) is 2.98. The molecule has 6 nitrogen and oxygen atoms in total. The van der Waals surface area contributed by atoms with Crippen LogP contribution in [0, 0.1) is 0 Å². The minimum absolute atomic E-state index is 0.154. The van der Waals surface area contributed by atoms with Crippen LogP contribution in [-0.4, -0.2) is 19.1 Å². The average molecular weight is 529 g/mol. The Morgan fingerprint density at radius 1 is 0.561 bits per heavy atom. The second kappa shape index (κ2) is 8.13. The lowest BCUT2D eigenvalue weighted by molar-refractivity contribution is 0.671. The summed E-state index contributed by atoms with van der Waals surface area (Å²) in [6, 6.07) is 38.2.